The van der Waals surface area contributed by atoms with Crippen LogP contribution in [0.4, 0.5) is 24.5 Å². The molecule has 1 unspecified atom stereocenters. The van der Waals surface area contributed by atoms with Gasteiger partial charge in [0.2, 0.25) is 0 Å². The number of nitro benzene ring substituents is 1. The molecule has 1 aromatic rings. The largest absolute Gasteiger partial charge is 0.501 e. The van der Waals surface area contributed by atoms with Crippen LogP contribution in [-0.4, -0.2) is 69.2 Å². The first-order valence-corrected chi connectivity index (χ1v) is 10.3. The van der Waals surface area contributed by atoms with Gasteiger partial charge in [-0.3, -0.25) is 15.0 Å². The number of hydrogen-bond donors (Lipinski definition) is 0. The third kappa shape index (κ3) is 4.23. The Kier molecular flexibility index (Phi) is 5.82. The SMILES string of the molecule is O=[N+]([O-])c1cc(S(=O)(=O)C(F)(F)F)ccc1N1CCN(CC2CCCO2)CC1. The standard InChI is InChI=1S/C16H20F3N3O5S/c17-16(18,19)28(25,26)13-3-4-14(15(10-13)22(23)24)21-7-5-20(6-8-21)11-12-2-1-9-27-12/h3-4,10,12H,1-2,5-9,11H2. The fourth-order valence-corrected chi connectivity index (χ4v) is 4.25. The number of benzene rings is 1. The Bertz CT molecular complexity index is 832. The zero-order valence-electron chi connectivity index (χ0n) is 14.9. The summed E-state index contributed by atoms with van der Waals surface area (Å²) in [5.41, 5.74) is -6.06. The lowest BCUT2D eigenvalue weighted by molar-refractivity contribution is -0.384. The van der Waals surface area contributed by atoms with E-state index in [-0.39, 0.29) is 11.8 Å². The highest BCUT2D eigenvalue weighted by atomic mass is 32.2. The normalized spacial score (nSPS) is 21.8. The maximum atomic E-state index is 12.7. The van der Waals surface area contributed by atoms with Crippen molar-refractivity contribution in [3.63, 3.8) is 0 Å². The van der Waals surface area contributed by atoms with Gasteiger partial charge in [0.25, 0.3) is 15.5 Å². The van der Waals surface area contributed by atoms with Crippen LogP contribution in [0.15, 0.2) is 23.1 Å². The average molecular weight is 423 g/mol. The molecule has 12 heteroatoms. The molecule has 0 aromatic heterocycles. The van der Waals surface area contributed by atoms with E-state index in [1.54, 1.807) is 4.90 Å². The molecule has 156 valence electrons. The summed E-state index contributed by atoms with van der Waals surface area (Å²) in [6.45, 7) is 3.67. The molecule has 2 aliphatic heterocycles. The molecule has 1 aromatic carbocycles. The number of hydrogen-bond acceptors (Lipinski definition) is 7. The number of rotatable bonds is 5. The van der Waals surface area contributed by atoms with E-state index in [0.29, 0.717) is 32.2 Å². The molecule has 0 bridgehead atoms. The fourth-order valence-electron chi connectivity index (χ4n) is 3.47. The molecule has 0 amide bonds. The summed E-state index contributed by atoms with van der Waals surface area (Å²) in [7, 11) is -5.65. The van der Waals surface area contributed by atoms with E-state index >= 15 is 0 Å². The van der Waals surface area contributed by atoms with Crippen molar-refractivity contribution in [3.8, 4) is 0 Å². The maximum absolute atomic E-state index is 12.7. The van der Waals surface area contributed by atoms with Crippen LogP contribution >= 0.6 is 0 Å². The van der Waals surface area contributed by atoms with Crippen LogP contribution in [-0.2, 0) is 14.6 Å². The number of sulfone groups is 1. The predicted molar refractivity (Wildman–Crippen MR) is 94.0 cm³/mol. The molecule has 2 saturated heterocycles. The molecule has 28 heavy (non-hydrogen) atoms. The highest BCUT2D eigenvalue weighted by Crippen LogP contribution is 2.36. The number of alkyl halides is 3. The monoisotopic (exact) mass is 423 g/mol. The quantitative estimate of drug-likeness (QED) is 0.529. The van der Waals surface area contributed by atoms with Crippen molar-refractivity contribution in [2.75, 3.05) is 44.2 Å². The summed E-state index contributed by atoms with van der Waals surface area (Å²) in [5, 5.41) is 11.4. The smallest absolute Gasteiger partial charge is 0.377 e. The Morgan fingerprint density at radius 1 is 1.21 bits per heavy atom. The van der Waals surface area contributed by atoms with E-state index in [0.717, 1.165) is 38.1 Å². The molecule has 0 radical (unpaired) electrons. The second-order valence-electron chi connectivity index (χ2n) is 6.78. The molecule has 0 spiro atoms. The summed E-state index contributed by atoms with van der Waals surface area (Å²) >= 11 is 0. The summed E-state index contributed by atoms with van der Waals surface area (Å²) in [5.74, 6) is 0. The van der Waals surface area contributed by atoms with E-state index in [9.17, 15) is 31.7 Å². The summed E-state index contributed by atoms with van der Waals surface area (Å²) in [6, 6.07) is 2.33. The number of anilines is 1. The Morgan fingerprint density at radius 3 is 2.43 bits per heavy atom. The van der Waals surface area contributed by atoms with Gasteiger partial charge in [0, 0.05) is 45.4 Å². The van der Waals surface area contributed by atoms with Crippen molar-refractivity contribution < 1.29 is 31.2 Å². The number of nitrogens with zero attached hydrogens (tertiary/aromatic N) is 3. The first-order valence-electron chi connectivity index (χ1n) is 8.78. The summed E-state index contributed by atoms with van der Waals surface area (Å²) < 4.78 is 66.9. The third-order valence-electron chi connectivity index (χ3n) is 4.96. The van der Waals surface area contributed by atoms with Crippen molar-refractivity contribution in [2.24, 2.45) is 0 Å². The van der Waals surface area contributed by atoms with Crippen molar-refractivity contribution >= 4 is 21.2 Å². The van der Waals surface area contributed by atoms with Gasteiger partial charge in [-0.1, -0.05) is 0 Å². The number of ether oxygens (including phenoxy) is 1. The third-order valence-corrected chi connectivity index (χ3v) is 6.44. The molecule has 3 rings (SSSR count). The highest BCUT2D eigenvalue weighted by Gasteiger charge is 2.47. The molecule has 2 heterocycles. The Balaban J connectivity index is 1.76. The van der Waals surface area contributed by atoms with E-state index in [1.807, 2.05) is 0 Å². The van der Waals surface area contributed by atoms with Crippen LogP contribution in [0.2, 0.25) is 0 Å². The second kappa shape index (κ2) is 7.84. The Labute approximate surface area is 159 Å². The van der Waals surface area contributed by atoms with Gasteiger partial charge in [0.1, 0.15) is 5.69 Å². The van der Waals surface area contributed by atoms with Gasteiger partial charge < -0.3 is 9.64 Å². The predicted octanol–water partition coefficient (Wildman–Crippen LogP) is 2.19. The number of piperazine rings is 1. The second-order valence-corrected chi connectivity index (χ2v) is 8.72. The van der Waals surface area contributed by atoms with Gasteiger partial charge in [-0.05, 0) is 25.0 Å². The van der Waals surface area contributed by atoms with E-state index in [4.69, 9.17) is 4.74 Å². The van der Waals surface area contributed by atoms with Gasteiger partial charge in [0.15, 0.2) is 0 Å². The molecule has 0 aliphatic carbocycles. The van der Waals surface area contributed by atoms with Crippen LogP contribution in [0.5, 0.6) is 0 Å². The van der Waals surface area contributed by atoms with Crippen LogP contribution in [0.1, 0.15) is 12.8 Å². The molecule has 2 fully saturated rings. The van der Waals surface area contributed by atoms with Crippen LogP contribution in [0.25, 0.3) is 0 Å². The van der Waals surface area contributed by atoms with Crippen LogP contribution < -0.4 is 4.90 Å². The van der Waals surface area contributed by atoms with Gasteiger partial charge >= 0.3 is 5.51 Å². The van der Waals surface area contributed by atoms with Crippen LogP contribution in [0.3, 0.4) is 0 Å². The first kappa shape index (κ1) is 20.8. The van der Waals surface area contributed by atoms with Gasteiger partial charge in [-0.2, -0.15) is 13.2 Å². The summed E-state index contributed by atoms with van der Waals surface area (Å²) in [6.07, 6.45) is 2.22. The Hall–Kier alpha value is -1.92. The van der Waals surface area contributed by atoms with Gasteiger partial charge in [-0.25, -0.2) is 8.42 Å². The summed E-state index contributed by atoms with van der Waals surface area (Å²) in [4.78, 5) is 13.2. The number of nitro groups is 1. The molecule has 0 saturated carbocycles. The molecule has 8 nitrogen and oxygen atoms in total. The topological polar surface area (TPSA) is 93.0 Å². The van der Waals surface area contributed by atoms with E-state index in [1.165, 1.54) is 0 Å². The van der Waals surface area contributed by atoms with Gasteiger partial charge in [0.05, 0.1) is 15.9 Å². The van der Waals surface area contributed by atoms with Crippen molar-refractivity contribution in [2.45, 2.75) is 29.3 Å². The zero-order chi connectivity index (χ0) is 20.5. The molecule has 0 N–H and O–H groups in total. The lowest BCUT2D eigenvalue weighted by atomic mass is 10.2. The van der Waals surface area contributed by atoms with Crippen molar-refractivity contribution in [1.82, 2.24) is 4.90 Å². The lowest BCUT2D eigenvalue weighted by Gasteiger charge is -2.36. The zero-order valence-corrected chi connectivity index (χ0v) is 15.7. The minimum Gasteiger partial charge on any atom is -0.377 e. The minimum atomic E-state index is -5.65. The van der Waals surface area contributed by atoms with E-state index in [2.05, 4.69) is 4.90 Å². The van der Waals surface area contributed by atoms with Crippen molar-refractivity contribution in [1.29, 1.82) is 0 Å². The highest BCUT2D eigenvalue weighted by molar-refractivity contribution is 7.92. The maximum Gasteiger partial charge on any atom is 0.501 e. The van der Waals surface area contributed by atoms with Gasteiger partial charge in [-0.15, -0.1) is 0 Å². The fraction of sp³-hybridized carbons (Fsp3) is 0.625. The number of halogens is 3. The molecule has 2 aliphatic rings. The first-order chi connectivity index (χ1) is 13.1. The molecular formula is C16H20F3N3O5S. The van der Waals surface area contributed by atoms with Crippen LogP contribution in [0, 0.1) is 10.1 Å². The lowest BCUT2D eigenvalue weighted by Crippen LogP contribution is -2.48. The van der Waals surface area contributed by atoms with Crippen molar-refractivity contribution in [3.05, 3.63) is 28.3 Å². The minimum absolute atomic E-state index is 0.114. The average Bonchev–Trinajstić information content (AvgIpc) is 3.14. The molecular weight excluding hydrogens is 403 g/mol. The molecule has 1 atom stereocenters. The van der Waals surface area contributed by atoms with E-state index < -0.39 is 30.9 Å². The Morgan fingerprint density at radius 2 is 1.89 bits per heavy atom.